The van der Waals surface area contributed by atoms with E-state index in [9.17, 15) is 9.18 Å². The molecule has 0 aliphatic carbocycles. The number of amides is 1. The fraction of sp³-hybridized carbons (Fsp3) is 0.381. The summed E-state index contributed by atoms with van der Waals surface area (Å²) in [5, 5.41) is 3.15. The van der Waals surface area contributed by atoms with Gasteiger partial charge < -0.3 is 5.32 Å². The Morgan fingerprint density at radius 1 is 1.04 bits per heavy atom. The summed E-state index contributed by atoms with van der Waals surface area (Å²) in [4.78, 5) is 16.8. The SMILES string of the molecule is Cc1cc(C)cc(NC(=O)CN2CCN(Cc3ccc(F)c(Cl)c3)CC2)c1. The van der Waals surface area contributed by atoms with E-state index in [2.05, 4.69) is 21.2 Å². The lowest BCUT2D eigenvalue weighted by molar-refractivity contribution is -0.117. The van der Waals surface area contributed by atoms with Gasteiger partial charge in [-0.05, 0) is 54.8 Å². The molecule has 1 saturated heterocycles. The predicted molar refractivity (Wildman–Crippen MR) is 108 cm³/mol. The molecule has 3 rings (SSSR count). The molecule has 2 aromatic carbocycles. The first-order valence-electron chi connectivity index (χ1n) is 9.16. The molecule has 0 atom stereocenters. The Balaban J connectivity index is 1.46. The highest BCUT2D eigenvalue weighted by molar-refractivity contribution is 6.30. The lowest BCUT2D eigenvalue weighted by Gasteiger charge is -2.34. The number of carbonyl (C=O) groups excluding carboxylic acids is 1. The molecule has 6 heteroatoms. The molecule has 1 aliphatic rings. The van der Waals surface area contributed by atoms with Crippen molar-refractivity contribution < 1.29 is 9.18 Å². The largest absolute Gasteiger partial charge is 0.325 e. The molecule has 2 aromatic rings. The van der Waals surface area contributed by atoms with Crippen molar-refractivity contribution in [2.24, 2.45) is 0 Å². The summed E-state index contributed by atoms with van der Waals surface area (Å²) in [5.41, 5.74) is 4.13. The first-order valence-corrected chi connectivity index (χ1v) is 9.53. The molecule has 1 fully saturated rings. The van der Waals surface area contributed by atoms with Crippen molar-refractivity contribution in [3.05, 3.63) is 63.9 Å². The topological polar surface area (TPSA) is 35.6 Å². The lowest BCUT2D eigenvalue weighted by Crippen LogP contribution is -2.48. The van der Waals surface area contributed by atoms with E-state index in [1.807, 2.05) is 26.0 Å². The number of anilines is 1. The van der Waals surface area contributed by atoms with Crippen LogP contribution in [0.3, 0.4) is 0 Å². The molecule has 1 heterocycles. The maximum absolute atomic E-state index is 13.3. The summed E-state index contributed by atoms with van der Waals surface area (Å²) in [5.74, 6) is -0.376. The zero-order valence-corrected chi connectivity index (χ0v) is 16.5. The van der Waals surface area contributed by atoms with Crippen LogP contribution in [0, 0.1) is 19.7 Å². The number of halogens is 2. The molecule has 0 spiro atoms. The van der Waals surface area contributed by atoms with Crippen LogP contribution in [0.5, 0.6) is 0 Å². The van der Waals surface area contributed by atoms with Crippen molar-refractivity contribution in [1.29, 1.82) is 0 Å². The van der Waals surface area contributed by atoms with Gasteiger partial charge >= 0.3 is 0 Å². The van der Waals surface area contributed by atoms with Gasteiger partial charge in [0.2, 0.25) is 5.91 Å². The number of aryl methyl sites for hydroxylation is 2. The molecular formula is C21H25ClFN3O. The fourth-order valence-electron chi connectivity index (χ4n) is 3.45. The van der Waals surface area contributed by atoms with Crippen LogP contribution in [0.1, 0.15) is 16.7 Å². The second-order valence-electron chi connectivity index (χ2n) is 7.23. The number of rotatable bonds is 5. The van der Waals surface area contributed by atoms with E-state index in [4.69, 9.17) is 11.6 Å². The molecule has 0 bridgehead atoms. The maximum Gasteiger partial charge on any atom is 0.238 e. The van der Waals surface area contributed by atoms with Crippen molar-refractivity contribution in [2.75, 3.05) is 38.0 Å². The summed E-state index contributed by atoms with van der Waals surface area (Å²) in [6.45, 7) is 8.57. The van der Waals surface area contributed by atoms with Crippen molar-refractivity contribution in [3.8, 4) is 0 Å². The van der Waals surface area contributed by atoms with Crippen LogP contribution in [0.2, 0.25) is 5.02 Å². The highest BCUT2D eigenvalue weighted by atomic mass is 35.5. The van der Waals surface area contributed by atoms with Gasteiger partial charge in [0.15, 0.2) is 0 Å². The monoisotopic (exact) mass is 389 g/mol. The summed E-state index contributed by atoms with van der Waals surface area (Å²) >= 11 is 5.85. The van der Waals surface area contributed by atoms with Gasteiger partial charge in [-0.25, -0.2) is 4.39 Å². The van der Waals surface area contributed by atoms with Crippen LogP contribution in [0.4, 0.5) is 10.1 Å². The molecule has 1 amide bonds. The van der Waals surface area contributed by atoms with Gasteiger partial charge in [0, 0.05) is 38.4 Å². The molecule has 1 aliphatic heterocycles. The average Bonchev–Trinajstić information content (AvgIpc) is 2.59. The van der Waals surface area contributed by atoms with E-state index < -0.39 is 0 Å². The summed E-state index contributed by atoms with van der Waals surface area (Å²) in [6.07, 6.45) is 0. The molecule has 0 aromatic heterocycles. The molecule has 144 valence electrons. The normalized spacial score (nSPS) is 15.7. The number of nitrogens with zero attached hydrogens (tertiary/aromatic N) is 2. The van der Waals surface area contributed by atoms with E-state index in [1.54, 1.807) is 12.1 Å². The Hall–Kier alpha value is -1.95. The smallest absolute Gasteiger partial charge is 0.238 e. The summed E-state index contributed by atoms with van der Waals surface area (Å²) in [7, 11) is 0. The number of hydrogen-bond acceptors (Lipinski definition) is 3. The minimum absolute atomic E-state index is 0.0127. The van der Waals surface area contributed by atoms with Gasteiger partial charge in [0.25, 0.3) is 0 Å². The molecule has 4 nitrogen and oxygen atoms in total. The van der Waals surface area contributed by atoms with Gasteiger partial charge in [-0.1, -0.05) is 23.7 Å². The third-order valence-corrected chi connectivity index (χ3v) is 5.02. The Morgan fingerprint density at radius 3 is 2.30 bits per heavy atom. The standard InChI is InChI=1S/C21H25ClFN3O/c1-15-9-16(2)11-18(10-15)24-21(27)14-26-7-5-25(6-8-26)13-17-3-4-20(23)19(22)12-17/h3-4,9-12H,5-8,13-14H2,1-2H3,(H,24,27). The third kappa shape index (κ3) is 5.76. The van der Waals surface area contributed by atoms with Crippen molar-refractivity contribution in [3.63, 3.8) is 0 Å². The number of piperazine rings is 1. The molecule has 0 unspecified atom stereocenters. The quantitative estimate of drug-likeness (QED) is 0.843. The van der Waals surface area contributed by atoms with Crippen molar-refractivity contribution in [1.82, 2.24) is 9.80 Å². The Kier molecular flexibility index (Phi) is 6.47. The van der Waals surface area contributed by atoms with Crippen LogP contribution >= 0.6 is 11.6 Å². The first kappa shape index (κ1) is 19.8. The van der Waals surface area contributed by atoms with E-state index in [-0.39, 0.29) is 16.7 Å². The summed E-state index contributed by atoms with van der Waals surface area (Å²) in [6, 6.07) is 10.9. The number of carbonyl (C=O) groups is 1. The van der Waals surface area contributed by atoms with Gasteiger partial charge in [0.1, 0.15) is 5.82 Å². The first-order chi connectivity index (χ1) is 12.9. The minimum atomic E-state index is -0.389. The van der Waals surface area contributed by atoms with Gasteiger partial charge in [-0.15, -0.1) is 0 Å². The van der Waals surface area contributed by atoms with Gasteiger partial charge in [0.05, 0.1) is 11.6 Å². The Bertz CT molecular complexity index is 799. The van der Waals surface area contributed by atoms with Crippen molar-refractivity contribution >= 4 is 23.2 Å². The van der Waals surface area contributed by atoms with E-state index in [0.29, 0.717) is 6.54 Å². The van der Waals surface area contributed by atoms with E-state index in [0.717, 1.165) is 55.1 Å². The fourth-order valence-corrected chi connectivity index (χ4v) is 3.66. The Labute approximate surface area is 164 Å². The van der Waals surface area contributed by atoms with Crippen molar-refractivity contribution in [2.45, 2.75) is 20.4 Å². The van der Waals surface area contributed by atoms with Crippen LogP contribution < -0.4 is 5.32 Å². The zero-order valence-electron chi connectivity index (χ0n) is 15.8. The van der Waals surface area contributed by atoms with Gasteiger partial charge in [-0.3, -0.25) is 14.6 Å². The number of nitrogens with one attached hydrogen (secondary N) is 1. The molecular weight excluding hydrogens is 365 g/mol. The molecule has 1 N–H and O–H groups in total. The van der Waals surface area contributed by atoms with E-state index in [1.165, 1.54) is 6.07 Å². The highest BCUT2D eigenvalue weighted by Crippen LogP contribution is 2.18. The van der Waals surface area contributed by atoms with E-state index >= 15 is 0 Å². The van der Waals surface area contributed by atoms with Gasteiger partial charge in [-0.2, -0.15) is 0 Å². The number of hydrogen-bond donors (Lipinski definition) is 1. The second kappa shape index (κ2) is 8.83. The number of benzene rings is 2. The maximum atomic E-state index is 13.3. The van der Waals surface area contributed by atoms with Crippen LogP contribution in [-0.2, 0) is 11.3 Å². The average molecular weight is 390 g/mol. The lowest BCUT2D eigenvalue weighted by atomic mass is 10.1. The molecule has 0 saturated carbocycles. The zero-order chi connectivity index (χ0) is 19.4. The predicted octanol–water partition coefficient (Wildman–Crippen LogP) is 3.85. The van der Waals surface area contributed by atoms with Crippen LogP contribution in [0.15, 0.2) is 36.4 Å². The highest BCUT2D eigenvalue weighted by Gasteiger charge is 2.19. The van der Waals surface area contributed by atoms with Crippen LogP contribution in [-0.4, -0.2) is 48.4 Å². The molecule has 27 heavy (non-hydrogen) atoms. The summed E-state index contributed by atoms with van der Waals surface area (Å²) < 4.78 is 13.3. The third-order valence-electron chi connectivity index (χ3n) is 4.73. The minimum Gasteiger partial charge on any atom is -0.325 e. The Morgan fingerprint density at radius 2 is 1.67 bits per heavy atom. The van der Waals surface area contributed by atoms with Crippen LogP contribution in [0.25, 0.3) is 0 Å². The molecule has 0 radical (unpaired) electrons. The second-order valence-corrected chi connectivity index (χ2v) is 7.63.